The van der Waals surface area contributed by atoms with Gasteiger partial charge in [0.05, 0.1) is 22.5 Å². The molecule has 204 valence electrons. The number of imide groups is 1. The van der Waals surface area contributed by atoms with Crippen molar-refractivity contribution in [2.45, 2.75) is 25.7 Å². The summed E-state index contributed by atoms with van der Waals surface area (Å²) in [6, 6.07) is 16.8. The second kappa shape index (κ2) is 12.3. The topological polar surface area (TPSA) is 99.2 Å². The van der Waals surface area contributed by atoms with Gasteiger partial charge >= 0.3 is 10.1 Å². The summed E-state index contributed by atoms with van der Waals surface area (Å²) < 4.78 is 42.8. The fourth-order valence-corrected chi connectivity index (χ4v) is 6.20. The van der Waals surface area contributed by atoms with Crippen molar-refractivity contribution < 1.29 is 31.7 Å². The maximum atomic E-state index is 13.0. The van der Waals surface area contributed by atoms with Crippen LogP contribution in [0.25, 0.3) is 6.08 Å². The second-order valence-corrected chi connectivity index (χ2v) is 12.0. The molecule has 0 saturated carbocycles. The molecule has 0 atom stereocenters. The molecule has 0 N–H and O–H groups in total. The maximum Gasteiger partial charge on any atom is 0.339 e. The number of hydrogen-bond acceptors (Lipinski definition) is 8. The molecule has 8 nitrogen and oxygen atoms in total. The molecule has 39 heavy (non-hydrogen) atoms. The van der Waals surface area contributed by atoms with Gasteiger partial charge < -0.3 is 13.7 Å². The number of thioether (sulfide) groups is 1. The molecule has 1 fully saturated rings. The Labute approximate surface area is 240 Å². The standard InChI is InChI=1S/C28H26BrNO7S2/c1-4-35-24-16-20(15-22(29)26(24)37-39(33,34)21-8-6-5-7-9-21)17-25-27(31)30(28(32)38-25)12-13-36-23-14-18(2)10-11-19(23)3/h5-11,14-17H,4,12-13H2,1-3H3/b25-17-. The van der Waals surface area contributed by atoms with Crippen LogP contribution in [-0.4, -0.2) is 44.2 Å². The van der Waals surface area contributed by atoms with Gasteiger partial charge in [-0.15, -0.1) is 0 Å². The van der Waals surface area contributed by atoms with Crippen molar-refractivity contribution in [2.24, 2.45) is 0 Å². The summed E-state index contributed by atoms with van der Waals surface area (Å²) in [5, 5.41) is -0.395. The molecular weight excluding hydrogens is 606 g/mol. The first-order chi connectivity index (χ1) is 18.6. The molecule has 0 aromatic heterocycles. The van der Waals surface area contributed by atoms with Crippen molar-refractivity contribution >= 4 is 55.0 Å². The van der Waals surface area contributed by atoms with Gasteiger partial charge in [0, 0.05) is 0 Å². The van der Waals surface area contributed by atoms with Crippen LogP contribution in [0.4, 0.5) is 4.79 Å². The largest absolute Gasteiger partial charge is 0.491 e. The summed E-state index contributed by atoms with van der Waals surface area (Å²) in [7, 11) is -4.12. The first-order valence-electron chi connectivity index (χ1n) is 12.0. The van der Waals surface area contributed by atoms with Crippen LogP contribution in [-0.2, 0) is 14.9 Å². The van der Waals surface area contributed by atoms with Crippen LogP contribution in [0, 0.1) is 13.8 Å². The molecule has 0 radical (unpaired) electrons. The van der Waals surface area contributed by atoms with Crippen LogP contribution in [0.1, 0.15) is 23.6 Å². The molecule has 1 saturated heterocycles. The minimum Gasteiger partial charge on any atom is -0.491 e. The molecule has 2 amide bonds. The predicted molar refractivity (Wildman–Crippen MR) is 154 cm³/mol. The van der Waals surface area contributed by atoms with Gasteiger partial charge in [-0.25, -0.2) is 0 Å². The van der Waals surface area contributed by atoms with Crippen LogP contribution in [0.15, 0.2) is 74.9 Å². The van der Waals surface area contributed by atoms with Crippen LogP contribution >= 0.6 is 27.7 Å². The normalized spacial score (nSPS) is 14.7. The Balaban J connectivity index is 1.52. The lowest BCUT2D eigenvalue weighted by Gasteiger charge is -2.15. The zero-order chi connectivity index (χ0) is 28.2. The summed E-state index contributed by atoms with van der Waals surface area (Å²) in [5.41, 5.74) is 2.54. The Hall–Kier alpha value is -3.28. The fraction of sp³-hybridized carbons (Fsp3) is 0.214. The molecule has 4 rings (SSSR count). The Morgan fingerprint density at radius 3 is 2.44 bits per heavy atom. The highest BCUT2D eigenvalue weighted by Gasteiger charge is 2.35. The van der Waals surface area contributed by atoms with E-state index in [0.717, 1.165) is 27.8 Å². The number of benzene rings is 3. The van der Waals surface area contributed by atoms with E-state index in [1.165, 1.54) is 12.1 Å². The lowest BCUT2D eigenvalue weighted by atomic mass is 10.1. The number of nitrogens with zero attached hydrogens (tertiary/aromatic N) is 1. The number of aryl methyl sites for hydroxylation is 2. The van der Waals surface area contributed by atoms with Crippen LogP contribution in [0.5, 0.6) is 17.2 Å². The summed E-state index contributed by atoms with van der Waals surface area (Å²) in [6.45, 7) is 6.16. The van der Waals surface area contributed by atoms with Crippen molar-refractivity contribution in [1.82, 2.24) is 4.90 Å². The number of hydrogen-bond donors (Lipinski definition) is 0. The van der Waals surface area contributed by atoms with E-state index in [2.05, 4.69) is 15.9 Å². The van der Waals surface area contributed by atoms with Gasteiger partial charge in [0.15, 0.2) is 11.5 Å². The van der Waals surface area contributed by atoms with E-state index in [1.54, 1.807) is 43.3 Å². The summed E-state index contributed by atoms with van der Waals surface area (Å²) in [5.74, 6) is 0.423. The fourth-order valence-electron chi connectivity index (χ4n) is 3.71. The van der Waals surface area contributed by atoms with E-state index < -0.39 is 21.3 Å². The van der Waals surface area contributed by atoms with Crippen molar-refractivity contribution in [3.63, 3.8) is 0 Å². The maximum absolute atomic E-state index is 13.0. The zero-order valence-corrected chi connectivity index (χ0v) is 24.7. The molecule has 0 spiro atoms. The minimum atomic E-state index is -4.12. The van der Waals surface area contributed by atoms with Crippen molar-refractivity contribution in [1.29, 1.82) is 0 Å². The third kappa shape index (κ3) is 6.84. The smallest absolute Gasteiger partial charge is 0.339 e. The SMILES string of the molecule is CCOc1cc(/C=C2\SC(=O)N(CCOc3cc(C)ccc3C)C2=O)cc(Br)c1OS(=O)(=O)c1ccccc1. The molecule has 11 heteroatoms. The van der Waals surface area contributed by atoms with Crippen LogP contribution < -0.4 is 13.7 Å². The summed E-state index contributed by atoms with van der Waals surface area (Å²) in [6.07, 6.45) is 1.55. The highest BCUT2D eigenvalue weighted by molar-refractivity contribution is 9.10. The second-order valence-electron chi connectivity index (χ2n) is 8.56. The van der Waals surface area contributed by atoms with E-state index in [4.69, 9.17) is 13.7 Å². The molecule has 1 aliphatic heterocycles. The molecule has 0 bridgehead atoms. The third-order valence-electron chi connectivity index (χ3n) is 5.64. The number of halogens is 1. The predicted octanol–water partition coefficient (Wildman–Crippen LogP) is 6.35. The van der Waals surface area contributed by atoms with E-state index in [-0.39, 0.29) is 41.1 Å². The monoisotopic (exact) mass is 631 g/mol. The van der Waals surface area contributed by atoms with E-state index in [9.17, 15) is 18.0 Å². The lowest BCUT2D eigenvalue weighted by Crippen LogP contribution is -2.32. The average molecular weight is 633 g/mol. The summed E-state index contributed by atoms with van der Waals surface area (Å²) in [4.78, 5) is 27.0. The Morgan fingerprint density at radius 1 is 0.974 bits per heavy atom. The average Bonchev–Trinajstić information content (AvgIpc) is 3.16. The van der Waals surface area contributed by atoms with Gasteiger partial charge in [-0.1, -0.05) is 30.3 Å². The van der Waals surface area contributed by atoms with Gasteiger partial charge in [-0.05, 0) is 102 Å². The summed E-state index contributed by atoms with van der Waals surface area (Å²) >= 11 is 4.19. The number of carbonyl (C=O) groups is 2. The van der Waals surface area contributed by atoms with Crippen LogP contribution in [0.3, 0.4) is 0 Å². The van der Waals surface area contributed by atoms with Crippen LogP contribution in [0.2, 0.25) is 0 Å². The zero-order valence-electron chi connectivity index (χ0n) is 21.5. The molecule has 0 aliphatic carbocycles. The highest BCUT2D eigenvalue weighted by Crippen LogP contribution is 2.40. The molecular formula is C28H26BrNO7S2. The molecule has 3 aromatic carbocycles. The number of carbonyl (C=O) groups excluding carboxylic acids is 2. The molecule has 1 heterocycles. The van der Waals surface area contributed by atoms with Crippen molar-refractivity contribution in [3.8, 4) is 17.2 Å². The van der Waals surface area contributed by atoms with E-state index >= 15 is 0 Å². The third-order valence-corrected chi connectivity index (χ3v) is 8.38. The number of rotatable bonds is 10. The quantitative estimate of drug-likeness (QED) is 0.189. The first kappa shape index (κ1) is 28.7. The number of amides is 2. The van der Waals surface area contributed by atoms with Gasteiger partial charge in [0.25, 0.3) is 11.1 Å². The van der Waals surface area contributed by atoms with Crippen molar-refractivity contribution in [2.75, 3.05) is 19.8 Å². The van der Waals surface area contributed by atoms with Gasteiger partial charge in [0.1, 0.15) is 17.3 Å². The minimum absolute atomic E-state index is 0.00126. The molecule has 1 aliphatic rings. The Morgan fingerprint density at radius 2 is 1.72 bits per heavy atom. The van der Waals surface area contributed by atoms with E-state index in [0.29, 0.717) is 15.8 Å². The lowest BCUT2D eigenvalue weighted by molar-refractivity contribution is -0.123. The van der Waals surface area contributed by atoms with Gasteiger partial charge in [0.2, 0.25) is 0 Å². The Bertz CT molecular complexity index is 1540. The number of ether oxygens (including phenoxy) is 2. The van der Waals surface area contributed by atoms with Crippen molar-refractivity contribution in [3.05, 3.63) is 86.7 Å². The molecule has 0 unspecified atom stereocenters. The van der Waals surface area contributed by atoms with E-state index in [1.807, 2.05) is 32.0 Å². The first-order valence-corrected chi connectivity index (χ1v) is 15.0. The van der Waals surface area contributed by atoms with Gasteiger partial charge in [-0.2, -0.15) is 8.42 Å². The highest BCUT2D eigenvalue weighted by atomic mass is 79.9. The Kier molecular flexibility index (Phi) is 9.04. The molecule has 3 aromatic rings. The van der Waals surface area contributed by atoms with Gasteiger partial charge in [-0.3, -0.25) is 14.5 Å².